The summed E-state index contributed by atoms with van der Waals surface area (Å²) >= 11 is 12.9. The largest absolute Gasteiger partial charge is 0.467 e. The summed E-state index contributed by atoms with van der Waals surface area (Å²) in [6.45, 7) is 5.97. The Kier molecular flexibility index (Phi) is 5.94. The van der Waals surface area contributed by atoms with Gasteiger partial charge in [0.1, 0.15) is 11.7 Å². The Morgan fingerprint density at radius 2 is 1.85 bits per heavy atom. The first-order valence-electron chi connectivity index (χ1n) is 10.9. The van der Waals surface area contributed by atoms with Gasteiger partial charge in [-0.1, -0.05) is 55.6 Å². The van der Waals surface area contributed by atoms with Crippen LogP contribution in [0.25, 0.3) is 0 Å². The van der Waals surface area contributed by atoms with E-state index in [0.717, 1.165) is 42.8 Å². The van der Waals surface area contributed by atoms with E-state index in [1.165, 1.54) is 0 Å². The van der Waals surface area contributed by atoms with E-state index >= 15 is 0 Å². The number of halogens is 2. The Morgan fingerprint density at radius 1 is 1.09 bits per heavy atom. The lowest BCUT2D eigenvalue weighted by Gasteiger charge is -2.56. The SMILES string of the molecule is Cc1ccc(NC(=O)[C@H]2[C@H]3NC(=S)N(c4cccc(Br)c4)[C@@]2(C)Oc2ccc(Br)cc23)c(C)c1. The maximum atomic E-state index is 13.9. The number of anilines is 2. The molecule has 8 heteroatoms. The molecule has 3 aromatic rings. The molecule has 0 saturated carbocycles. The number of hydrogen-bond donors (Lipinski definition) is 2. The lowest BCUT2D eigenvalue weighted by atomic mass is 9.78. The van der Waals surface area contributed by atoms with Gasteiger partial charge in [0, 0.05) is 25.9 Å². The first kappa shape index (κ1) is 23.3. The van der Waals surface area contributed by atoms with Crippen LogP contribution in [0.1, 0.15) is 29.7 Å². The molecule has 0 spiro atoms. The fraction of sp³-hybridized carbons (Fsp3) is 0.231. The van der Waals surface area contributed by atoms with Crippen molar-refractivity contribution in [1.29, 1.82) is 0 Å². The van der Waals surface area contributed by atoms with Gasteiger partial charge in [-0.25, -0.2) is 0 Å². The predicted molar refractivity (Wildman–Crippen MR) is 146 cm³/mol. The van der Waals surface area contributed by atoms with Gasteiger partial charge >= 0.3 is 0 Å². The second kappa shape index (κ2) is 8.66. The van der Waals surface area contributed by atoms with Gasteiger partial charge in [0.15, 0.2) is 10.8 Å². The molecule has 2 N–H and O–H groups in total. The molecule has 5 rings (SSSR count). The number of fused-ring (bicyclic) bond motifs is 4. The maximum Gasteiger partial charge on any atom is 0.236 e. The van der Waals surface area contributed by atoms with Crippen LogP contribution in [0.3, 0.4) is 0 Å². The molecule has 0 unspecified atom stereocenters. The van der Waals surface area contributed by atoms with E-state index in [0.29, 0.717) is 5.11 Å². The van der Waals surface area contributed by atoms with Crippen LogP contribution in [0, 0.1) is 19.8 Å². The second-order valence-corrected chi connectivity index (χ2v) is 11.1. The fourth-order valence-electron chi connectivity index (χ4n) is 4.92. The van der Waals surface area contributed by atoms with Gasteiger partial charge in [-0.15, -0.1) is 0 Å². The minimum Gasteiger partial charge on any atom is -0.467 e. The minimum atomic E-state index is -1.06. The van der Waals surface area contributed by atoms with Gasteiger partial charge in [0.25, 0.3) is 0 Å². The zero-order valence-corrected chi connectivity index (χ0v) is 22.8. The van der Waals surface area contributed by atoms with E-state index in [1.807, 2.05) is 80.3 Å². The topological polar surface area (TPSA) is 53.6 Å². The molecule has 5 nitrogen and oxygen atoms in total. The lowest BCUT2D eigenvalue weighted by molar-refractivity contribution is -0.130. The van der Waals surface area contributed by atoms with Crippen molar-refractivity contribution < 1.29 is 9.53 Å². The van der Waals surface area contributed by atoms with Crippen LogP contribution in [-0.4, -0.2) is 16.7 Å². The maximum absolute atomic E-state index is 13.9. The molecule has 2 heterocycles. The fourth-order valence-corrected chi connectivity index (χ4v) is 6.10. The van der Waals surface area contributed by atoms with E-state index in [1.54, 1.807) is 0 Å². The van der Waals surface area contributed by atoms with Crippen LogP contribution in [0.15, 0.2) is 69.6 Å². The summed E-state index contributed by atoms with van der Waals surface area (Å²) in [5.41, 5.74) is 3.61. The Labute approximate surface area is 221 Å². The summed E-state index contributed by atoms with van der Waals surface area (Å²) in [6, 6.07) is 19.3. The number of ether oxygens (including phenoxy) is 1. The van der Waals surface area contributed by atoms with Crippen molar-refractivity contribution in [2.45, 2.75) is 32.5 Å². The van der Waals surface area contributed by atoms with Crippen molar-refractivity contribution in [1.82, 2.24) is 5.32 Å². The van der Waals surface area contributed by atoms with Crippen molar-refractivity contribution in [3.05, 3.63) is 86.3 Å². The molecule has 3 atom stereocenters. The number of nitrogens with zero attached hydrogens (tertiary/aromatic N) is 1. The number of aryl methyl sites for hydroxylation is 2. The number of carbonyl (C=O) groups excluding carboxylic acids is 1. The molecular weight excluding hydrogens is 578 g/mol. The van der Waals surface area contributed by atoms with Gasteiger partial charge in [0.05, 0.1) is 6.04 Å². The smallest absolute Gasteiger partial charge is 0.236 e. The van der Waals surface area contributed by atoms with Gasteiger partial charge in [0.2, 0.25) is 5.91 Å². The third kappa shape index (κ3) is 3.91. The third-order valence-electron chi connectivity index (χ3n) is 6.45. The van der Waals surface area contributed by atoms with Gasteiger partial charge in [-0.2, -0.15) is 0 Å². The van der Waals surface area contributed by atoms with E-state index in [-0.39, 0.29) is 11.9 Å². The average Bonchev–Trinajstić information content (AvgIpc) is 2.76. The van der Waals surface area contributed by atoms with E-state index < -0.39 is 11.6 Å². The number of benzene rings is 3. The highest BCUT2D eigenvalue weighted by atomic mass is 79.9. The summed E-state index contributed by atoms with van der Waals surface area (Å²) in [4.78, 5) is 15.9. The molecule has 2 bridgehead atoms. The summed E-state index contributed by atoms with van der Waals surface area (Å²) in [6.07, 6.45) is 0. The zero-order valence-electron chi connectivity index (χ0n) is 18.9. The predicted octanol–water partition coefficient (Wildman–Crippen LogP) is 6.63. The van der Waals surface area contributed by atoms with Crippen molar-refractivity contribution in [3.8, 4) is 5.75 Å². The average molecular weight is 601 g/mol. The number of thiocarbonyl (C=S) groups is 1. The molecule has 1 fully saturated rings. The molecule has 2 aliphatic rings. The number of carbonyl (C=O) groups is 1. The van der Waals surface area contributed by atoms with Crippen LogP contribution in [0.4, 0.5) is 11.4 Å². The van der Waals surface area contributed by atoms with E-state index in [2.05, 4.69) is 48.6 Å². The number of amides is 1. The highest BCUT2D eigenvalue weighted by Gasteiger charge is 2.59. The summed E-state index contributed by atoms with van der Waals surface area (Å²) in [5, 5.41) is 7.11. The Bertz CT molecular complexity index is 1330. The standard InChI is InChI=1S/C26H23Br2N3O2S/c1-14-7-9-20(15(2)11-14)29-24(32)22-23-19-13-17(28)8-10-21(19)33-26(22,3)31(25(34)30-23)18-6-4-5-16(27)12-18/h4-13,22-23H,1-3H3,(H,29,32)(H,30,34)/t22-,23+,26+/m1/s1. The van der Waals surface area contributed by atoms with Crippen molar-refractivity contribution in [2.75, 3.05) is 10.2 Å². The molecule has 3 aromatic carbocycles. The monoisotopic (exact) mass is 599 g/mol. The van der Waals surface area contributed by atoms with Gasteiger partial charge in [-0.05, 0) is 81.0 Å². The Morgan fingerprint density at radius 3 is 2.59 bits per heavy atom. The van der Waals surface area contributed by atoms with Crippen LogP contribution in [0.2, 0.25) is 0 Å². The van der Waals surface area contributed by atoms with Crippen molar-refractivity contribution in [2.24, 2.45) is 5.92 Å². The minimum absolute atomic E-state index is 0.139. The second-order valence-electron chi connectivity index (χ2n) is 8.87. The lowest BCUT2D eigenvalue weighted by Crippen LogP contribution is -2.72. The quantitative estimate of drug-likeness (QED) is 0.331. The van der Waals surface area contributed by atoms with Gasteiger partial charge < -0.3 is 15.4 Å². The number of nitrogens with one attached hydrogen (secondary N) is 2. The highest BCUT2D eigenvalue weighted by molar-refractivity contribution is 9.10. The molecule has 0 radical (unpaired) electrons. The molecular formula is C26H23Br2N3O2S. The number of rotatable bonds is 3. The molecule has 174 valence electrons. The first-order valence-corrected chi connectivity index (χ1v) is 12.9. The number of hydrogen-bond acceptors (Lipinski definition) is 3. The van der Waals surface area contributed by atoms with E-state index in [4.69, 9.17) is 17.0 Å². The summed E-state index contributed by atoms with van der Waals surface area (Å²) < 4.78 is 8.47. The van der Waals surface area contributed by atoms with Crippen LogP contribution in [-0.2, 0) is 4.79 Å². The Hall–Kier alpha value is -2.42. The highest BCUT2D eigenvalue weighted by Crippen LogP contribution is 2.50. The van der Waals surface area contributed by atoms with Crippen molar-refractivity contribution in [3.63, 3.8) is 0 Å². The first-order chi connectivity index (χ1) is 16.2. The molecule has 1 saturated heterocycles. The van der Waals surface area contributed by atoms with Crippen molar-refractivity contribution >= 4 is 66.5 Å². The zero-order chi connectivity index (χ0) is 24.2. The summed E-state index contributed by atoms with van der Waals surface area (Å²) in [7, 11) is 0. The normalized spacial score (nSPS) is 23.0. The molecule has 0 aliphatic carbocycles. The Balaban J connectivity index is 1.63. The summed E-state index contributed by atoms with van der Waals surface area (Å²) in [5.74, 6) is -0.0120. The third-order valence-corrected chi connectivity index (χ3v) is 7.74. The van der Waals surface area contributed by atoms with E-state index in [9.17, 15) is 4.79 Å². The molecule has 0 aromatic heterocycles. The molecule has 2 aliphatic heterocycles. The van der Waals surface area contributed by atoms with Crippen LogP contribution in [0.5, 0.6) is 5.75 Å². The molecule has 34 heavy (non-hydrogen) atoms. The van der Waals surface area contributed by atoms with Crippen LogP contribution >= 0.6 is 44.1 Å². The molecule has 1 amide bonds. The van der Waals surface area contributed by atoms with Crippen LogP contribution < -0.4 is 20.3 Å². The van der Waals surface area contributed by atoms with Gasteiger partial charge in [-0.3, -0.25) is 9.69 Å².